The molecule has 1 atom stereocenters. The largest absolute Gasteiger partial charge is 0.435 e. The summed E-state index contributed by atoms with van der Waals surface area (Å²) in [7, 11) is 0. The predicted molar refractivity (Wildman–Crippen MR) is 80.5 cm³/mol. The molecule has 0 aromatic carbocycles. The van der Waals surface area contributed by atoms with Crippen molar-refractivity contribution in [2.24, 2.45) is 5.92 Å². The summed E-state index contributed by atoms with van der Waals surface area (Å²) in [6.45, 7) is 3.93. The molecule has 3 rings (SSSR count). The van der Waals surface area contributed by atoms with Gasteiger partial charge in [-0.1, -0.05) is 0 Å². The fourth-order valence-electron chi connectivity index (χ4n) is 2.58. The van der Waals surface area contributed by atoms with Crippen molar-refractivity contribution in [1.29, 1.82) is 0 Å². The minimum atomic E-state index is -4.68. The molecule has 0 spiro atoms. The third kappa shape index (κ3) is 3.29. The third-order valence-electron chi connectivity index (χ3n) is 4.18. The van der Waals surface area contributed by atoms with Gasteiger partial charge in [0.15, 0.2) is 5.69 Å². The molecule has 6 nitrogen and oxygen atoms in total. The van der Waals surface area contributed by atoms with Gasteiger partial charge in [-0.2, -0.15) is 23.4 Å². The zero-order valence-electron chi connectivity index (χ0n) is 13.3. The molecule has 1 unspecified atom stereocenters. The van der Waals surface area contributed by atoms with E-state index in [2.05, 4.69) is 15.5 Å². The van der Waals surface area contributed by atoms with E-state index in [1.54, 1.807) is 17.8 Å². The number of carbonyl (C=O) groups is 1. The second kappa shape index (κ2) is 5.95. The van der Waals surface area contributed by atoms with E-state index in [4.69, 9.17) is 0 Å². The molecule has 2 aromatic rings. The minimum absolute atomic E-state index is 0.212. The first-order valence-corrected chi connectivity index (χ1v) is 7.79. The van der Waals surface area contributed by atoms with Gasteiger partial charge in [0.2, 0.25) is 0 Å². The number of nitrogens with zero attached hydrogens (tertiary/aromatic N) is 4. The van der Waals surface area contributed by atoms with E-state index in [0.717, 1.165) is 23.7 Å². The Hall–Kier alpha value is -2.32. The highest BCUT2D eigenvalue weighted by Gasteiger charge is 2.39. The van der Waals surface area contributed by atoms with E-state index in [-0.39, 0.29) is 12.6 Å². The van der Waals surface area contributed by atoms with Crippen LogP contribution in [-0.4, -0.2) is 25.5 Å². The average molecular weight is 341 g/mol. The highest BCUT2D eigenvalue weighted by Crippen LogP contribution is 2.39. The lowest BCUT2D eigenvalue weighted by atomic mass is 10.2. The molecule has 1 aliphatic carbocycles. The number of nitrogens with one attached hydrogen (secondary N) is 1. The number of hydrogen-bond donors (Lipinski definition) is 1. The second-order valence-electron chi connectivity index (χ2n) is 5.99. The topological polar surface area (TPSA) is 64.7 Å². The van der Waals surface area contributed by atoms with Crippen LogP contribution in [0.3, 0.4) is 0 Å². The number of amides is 1. The van der Waals surface area contributed by atoms with Gasteiger partial charge in [0.25, 0.3) is 5.91 Å². The zero-order chi connectivity index (χ0) is 17.5. The van der Waals surface area contributed by atoms with Crippen molar-refractivity contribution in [1.82, 2.24) is 19.6 Å². The summed E-state index contributed by atoms with van der Waals surface area (Å²) < 4.78 is 41.9. The Labute approximate surface area is 136 Å². The van der Waals surface area contributed by atoms with Crippen LogP contribution in [0, 0.1) is 5.92 Å². The van der Waals surface area contributed by atoms with E-state index < -0.39 is 23.3 Å². The van der Waals surface area contributed by atoms with E-state index in [1.807, 2.05) is 6.92 Å². The van der Waals surface area contributed by atoms with Gasteiger partial charge in [-0.05, 0) is 32.6 Å². The van der Waals surface area contributed by atoms with Gasteiger partial charge < -0.3 is 5.32 Å². The first kappa shape index (κ1) is 16.5. The lowest BCUT2D eigenvalue weighted by Gasteiger charge is -2.09. The highest BCUT2D eigenvalue weighted by atomic mass is 19.4. The highest BCUT2D eigenvalue weighted by molar-refractivity contribution is 6.04. The Bertz CT molecular complexity index is 745. The van der Waals surface area contributed by atoms with Gasteiger partial charge in [-0.15, -0.1) is 0 Å². The monoisotopic (exact) mass is 341 g/mol. The molecule has 1 fully saturated rings. The first-order valence-electron chi connectivity index (χ1n) is 7.79. The standard InChI is InChI=1S/C15H18F3N5O/c1-3-22-8-12(13(21-22)15(16,17)18)14(24)20-11-6-19-23(7-11)9(2)10-4-5-10/h6-10H,3-5H2,1-2H3,(H,20,24). The number of rotatable bonds is 5. The number of halogens is 3. The second-order valence-corrected chi connectivity index (χ2v) is 5.99. The lowest BCUT2D eigenvalue weighted by Crippen LogP contribution is -2.17. The van der Waals surface area contributed by atoms with E-state index in [1.165, 1.54) is 6.20 Å². The summed E-state index contributed by atoms with van der Waals surface area (Å²) in [5, 5.41) is 10.1. The fraction of sp³-hybridized carbons (Fsp3) is 0.533. The Balaban J connectivity index is 1.78. The van der Waals surface area contributed by atoms with Crippen molar-refractivity contribution in [2.75, 3.05) is 5.32 Å². The van der Waals surface area contributed by atoms with Gasteiger partial charge in [-0.25, -0.2) is 0 Å². The van der Waals surface area contributed by atoms with Crippen LogP contribution in [0.4, 0.5) is 18.9 Å². The molecule has 1 N–H and O–H groups in total. The van der Waals surface area contributed by atoms with Crippen LogP contribution in [0.2, 0.25) is 0 Å². The molecule has 2 aromatic heterocycles. The number of hydrogen-bond acceptors (Lipinski definition) is 3. The van der Waals surface area contributed by atoms with Gasteiger partial charge >= 0.3 is 6.18 Å². The van der Waals surface area contributed by atoms with Crippen molar-refractivity contribution in [2.45, 2.75) is 45.5 Å². The van der Waals surface area contributed by atoms with Crippen molar-refractivity contribution in [3.05, 3.63) is 29.8 Å². The van der Waals surface area contributed by atoms with Crippen molar-refractivity contribution in [3.63, 3.8) is 0 Å². The number of anilines is 1. The number of aryl methyl sites for hydroxylation is 1. The maximum Gasteiger partial charge on any atom is 0.435 e. The Kier molecular flexibility index (Phi) is 4.10. The smallest absolute Gasteiger partial charge is 0.319 e. The summed E-state index contributed by atoms with van der Waals surface area (Å²) in [6.07, 6.45) is 1.79. The average Bonchev–Trinajstić information content (AvgIpc) is 3.09. The molecule has 0 saturated heterocycles. The van der Waals surface area contributed by atoms with Crippen LogP contribution in [-0.2, 0) is 12.7 Å². The molecule has 1 aliphatic rings. The van der Waals surface area contributed by atoms with Gasteiger partial charge in [0.1, 0.15) is 0 Å². The number of aromatic nitrogens is 4. The van der Waals surface area contributed by atoms with Crippen LogP contribution in [0.15, 0.2) is 18.6 Å². The van der Waals surface area contributed by atoms with Crippen LogP contribution in [0.5, 0.6) is 0 Å². The number of alkyl halides is 3. The summed E-state index contributed by atoms with van der Waals surface area (Å²) in [5.41, 5.74) is -1.31. The Morgan fingerprint density at radius 3 is 2.71 bits per heavy atom. The SMILES string of the molecule is CCn1cc(C(=O)Nc2cnn(C(C)C3CC3)c2)c(C(F)(F)F)n1. The molecule has 0 bridgehead atoms. The minimum Gasteiger partial charge on any atom is -0.319 e. The van der Waals surface area contributed by atoms with Gasteiger partial charge in [0.05, 0.1) is 23.5 Å². The first-order chi connectivity index (χ1) is 11.3. The van der Waals surface area contributed by atoms with Gasteiger partial charge in [0, 0.05) is 18.9 Å². The summed E-state index contributed by atoms with van der Waals surface area (Å²) in [5.74, 6) is -0.270. The van der Waals surface area contributed by atoms with Crippen LogP contribution < -0.4 is 5.32 Å². The molecule has 1 amide bonds. The van der Waals surface area contributed by atoms with E-state index >= 15 is 0 Å². The van der Waals surface area contributed by atoms with Crippen molar-refractivity contribution in [3.8, 4) is 0 Å². The molecule has 9 heteroatoms. The molecular formula is C15H18F3N5O. The molecule has 1 saturated carbocycles. The predicted octanol–water partition coefficient (Wildman–Crippen LogP) is 3.34. The summed E-state index contributed by atoms with van der Waals surface area (Å²) in [6, 6.07) is 0.212. The Morgan fingerprint density at radius 2 is 2.12 bits per heavy atom. The van der Waals surface area contributed by atoms with E-state index in [0.29, 0.717) is 11.6 Å². The normalized spacial score (nSPS) is 16.2. The van der Waals surface area contributed by atoms with Crippen LogP contribution >= 0.6 is 0 Å². The third-order valence-corrected chi connectivity index (χ3v) is 4.18. The molecule has 130 valence electrons. The van der Waals surface area contributed by atoms with Crippen molar-refractivity contribution >= 4 is 11.6 Å². The summed E-state index contributed by atoms with van der Waals surface area (Å²) >= 11 is 0. The molecular weight excluding hydrogens is 323 g/mol. The number of carbonyl (C=O) groups excluding carboxylic acids is 1. The quantitative estimate of drug-likeness (QED) is 0.907. The fourth-order valence-corrected chi connectivity index (χ4v) is 2.58. The maximum atomic E-state index is 13.0. The summed E-state index contributed by atoms with van der Waals surface area (Å²) in [4.78, 5) is 12.2. The van der Waals surface area contributed by atoms with Crippen LogP contribution in [0.1, 0.15) is 48.8 Å². The lowest BCUT2D eigenvalue weighted by molar-refractivity contribution is -0.141. The van der Waals surface area contributed by atoms with Gasteiger partial charge in [-0.3, -0.25) is 14.2 Å². The Morgan fingerprint density at radius 1 is 1.42 bits per heavy atom. The maximum absolute atomic E-state index is 13.0. The molecule has 0 aliphatic heterocycles. The van der Waals surface area contributed by atoms with Crippen LogP contribution in [0.25, 0.3) is 0 Å². The molecule has 0 radical (unpaired) electrons. The molecule has 2 heterocycles. The molecule has 24 heavy (non-hydrogen) atoms. The van der Waals surface area contributed by atoms with E-state index in [9.17, 15) is 18.0 Å². The van der Waals surface area contributed by atoms with Crippen molar-refractivity contribution < 1.29 is 18.0 Å². The zero-order valence-corrected chi connectivity index (χ0v) is 13.3.